The Morgan fingerprint density at radius 1 is 1.17 bits per heavy atom. The maximum absolute atomic E-state index is 12.0. The number of hydrogen-bond acceptors (Lipinski definition) is 3. The number of allylic oxidation sites excluding steroid dienone is 2. The van der Waals surface area contributed by atoms with E-state index in [-0.39, 0.29) is 29.0 Å². The van der Waals surface area contributed by atoms with E-state index in [0.717, 1.165) is 25.7 Å². The van der Waals surface area contributed by atoms with Crippen molar-refractivity contribution < 1.29 is 15.0 Å². The molecule has 0 saturated heterocycles. The summed E-state index contributed by atoms with van der Waals surface area (Å²) in [5.41, 5.74) is 1.24. The highest BCUT2D eigenvalue weighted by atomic mass is 16.3. The highest BCUT2D eigenvalue weighted by molar-refractivity contribution is 5.91. The molecule has 23 heavy (non-hydrogen) atoms. The largest absolute Gasteiger partial charge is 0.393 e. The van der Waals surface area contributed by atoms with Crippen LogP contribution in [0.3, 0.4) is 0 Å². The van der Waals surface area contributed by atoms with Crippen molar-refractivity contribution >= 4 is 5.78 Å². The Bertz CT molecular complexity index is 567. The van der Waals surface area contributed by atoms with Gasteiger partial charge in [0.05, 0.1) is 12.2 Å². The third kappa shape index (κ3) is 1.93. The van der Waals surface area contributed by atoms with Gasteiger partial charge in [-0.15, -0.1) is 0 Å². The number of aliphatic hydroxyl groups excluding tert-OH is 2. The highest BCUT2D eigenvalue weighted by Crippen LogP contribution is 2.66. The highest BCUT2D eigenvalue weighted by Gasteiger charge is 2.62. The van der Waals surface area contributed by atoms with Crippen molar-refractivity contribution in [1.82, 2.24) is 0 Å². The second kappa shape index (κ2) is 4.92. The molecule has 0 amide bonds. The van der Waals surface area contributed by atoms with Gasteiger partial charge in [0.1, 0.15) is 0 Å². The second-order valence-electron chi connectivity index (χ2n) is 9.21. The third-order valence-corrected chi connectivity index (χ3v) is 8.52. The average molecular weight is 318 g/mol. The second-order valence-corrected chi connectivity index (χ2v) is 9.21. The first-order chi connectivity index (χ1) is 10.8. The molecule has 0 aromatic carbocycles. The van der Waals surface area contributed by atoms with Gasteiger partial charge in [-0.25, -0.2) is 0 Å². The van der Waals surface area contributed by atoms with Gasteiger partial charge in [-0.05, 0) is 73.2 Å². The van der Waals surface area contributed by atoms with Gasteiger partial charge in [0.2, 0.25) is 0 Å². The van der Waals surface area contributed by atoms with Gasteiger partial charge in [-0.1, -0.05) is 19.4 Å². The van der Waals surface area contributed by atoms with E-state index in [1.54, 1.807) is 0 Å². The van der Waals surface area contributed by atoms with Crippen LogP contribution in [0.1, 0.15) is 59.3 Å². The van der Waals surface area contributed by atoms with Gasteiger partial charge in [-0.3, -0.25) is 4.79 Å². The molecule has 8 atom stereocenters. The number of carbonyl (C=O) groups is 1. The summed E-state index contributed by atoms with van der Waals surface area (Å²) in [5, 5.41) is 21.2. The molecule has 0 bridgehead atoms. The Morgan fingerprint density at radius 3 is 2.65 bits per heavy atom. The molecule has 0 heterocycles. The molecule has 0 aromatic heterocycles. The minimum Gasteiger partial charge on any atom is -0.393 e. The van der Waals surface area contributed by atoms with E-state index in [1.165, 1.54) is 5.57 Å². The Hall–Kier alpha value is -0.670. The predicted molar refractivity (Wildman–Crippen MR) is 88.7 cm³/mol. The number of carbonyl (C=O) groups excluding carboxylic acids is 1. The Balaban J connectivity index is 1.74. The lowest BCUT2D eigenvalue weighted by Crippen LogP contribution is -2.55. The summed E-state index contributed by atoms with van der Waals surface area (Å²) in [6.07, 6.45) is 6.71. The maximum Gasteiger partial charge on any atom is 0.155 e. The molecule has 3 heteroatoms. The topological polar surface area (TPSA) is 57.5 Å². The van der Waals surface area contributed by atoms with Crippen molar-refractivity contribution in [1.29, 1.82) is 0 Å². The fraction of sp³-hybridized carbons (Fsp3) is 0.850. The summed E-state index contributed by atoms with van der Waals surface area (Å²) in [4.78, 5) is 12.0. The van der Waals surface area contributed by atoms with Gasteiger partial charge < -0.3 is 10.2 Å². The van der Waals surface area contributed by atoms with Crippen LogP contribution in [0.15, 0.2) is 11.6 Å². The Morgan fingerprint density at radius 2 is 1.91 bits per heavy atom. The molecule has 0 spiro atoms. The minimum atomic E-state index is -0.363. The van der Waals surface area contributed by atoms with E-state index in [4.69, 9.17) is 0 Å². The molecular formula is C20H30O3. The molecule has 3 saturated carbocycles. The maximum atomic E-state index is 12.0. The van der Waals surface area contributed by atoms with E-state index in [9.17, 15) is 15.0 Å². The molecule has 3 fully saturated rings. The van der Waals surface area contributed by atoms with E-state index in [1.807, 2.05) is 6.08 Å². The molecule has 0 aromatic rings. The number of fused-ring (bicyclic) bond motifs is 5. The fourth-order valence-corrected chi connectivity index (χ4v) is 7.09. The number of hydrogen-bond donors (Lipinski definition) is 2. The number of ketones is 1. The lowest BCUT2D eigenvalue weighted by molar-refractivity contribution is -0.130. The molecule has 3 nitrogen and oxygen atoms in total. The quantitative estimate of drug-likeness (QED) is 0.721. The van der Waals surface area contributed by atoms with Crippen LogP contribution in [0.5, 0.6) is 0 Å². The normalized spacial score (nSPS) is 55.7. The molecule has 0 unspecified atom stereocenters. The Labute approximate surface area is 139 Å². The number of rotatable bonds is 0. The van der Waals surface area contributed by atoms with Crippen molar-refractivity contribution in [2.75, 3.05) is 0 Å². The molecular weight excluding hydrogens is 288 g/mol. The van der Waals surface area contributed by atoms with Crippen molar-refractivity contribution in [3.8, 4) is 0 Å². The summed E-state index contributed by atoms with van der Waals surface area (Å²) >= 11 is 0. The molecule has 128 valence electrons. The van der Waals surface area contributed by atoms with E-state index >= 15 is 0 Å². The first kappa shape index (κ1) is 15.8. The molecule has 4 aliphatic rings. The van der Waals surface area contributed by atoms with Crippen LogP contribution in [0.25, 0.3) is 0 Å². The van der Waals surface area contributed by atoms with Crippen molar-refractivity contribution in [2.45, 2.75) is 71.5 Å². The molecule has 0 radical (unpaired) electrons. The van der Waals surface area contributed by atoms with Gasteiger partial charge >= 0.3 is 0 Å². The fourth-order valence-electron chi connectivity index (χ4n) is 7.09. The van der Waals surface area contributed by atoms with Crippen LogP contribution < -0.4 is 0 Å². The van der Waals surface area contributed by atoms with Crippen LogP contribution in [-0.2, 0) is 4.79 Å². The summed E-state index contributed by atoms with van der Waals surface area (Å²) in [6, 6.07) is 0. The predicted octanol–water partition coefficient (Wildman–Crippen LogP) is 3.10. The van der Waals surface area contributed by atoms with Crippen LogP contribution in [0, 0.1) is 34.5 Å². The summed E-state index contributed by atoms with van der Waals surface area (Å²) in [7, 11) is 0. The molecule has 4 aliphatic carbocycles. The SMILES string of the molecule is CC1=CC(=O)C[C@@H]2CC[C@H]3[C@@H]4[C@H](O)C[C@H](O)[C@@]4(C)CC[C@@H]3[C@@]12C. The number of aliphatic hydroxyl groups is 2. The van der Waals surface area contributed by atoms with Gasteiger partial charge in [0, 0.05) is 12.8 Å². The van der Waals surface area contributed by atoms with Crippen molar-refractivity contribution in [3.63, 3.8) is 0 Å². The lowest BCUT2D eigenvalue weighted by Gasteiger charge is -2.60. The third-order valence-electron chi connectivity index (χ3n) is 8.52. The summed E-state index contributed by atoms with van der Waals surface area (Å²) < 4.78 is 0. The zero-order chi connectivity index (χ0) is 16.6. The lowest BCUT2D eigenvalue weighted by atomic mass is 9.44. The average Bonchev–Trinajstić information content (AvgIpc) is 2.71. The first-order valence-corrected chi connectivity index (χ1v) is 9.36. The van der Waals surface area contributed by atoms with Crippen molar-refractivity contribution in [2.24, 2.45) is 34.5 Å². The van der Waals surface area contributed by atoms with Gasteiger partial charge in [0.25, 0.3) is 0 Å². The summed E-state index contributed by atoms with van der Waals surface area (Å²) in [6.45, 7) is 6.70. The van der Waals surface area contributed by atoms with Crippen LogP contribution in [0.2, 0.25) is 0 Å². The molecule has 4 rings (SSSR count). The van der Waals surface area contributed by atoms with E-state index in [2.05, 4.69) is 20.8 Å². The smallest absolute Gasteiger partial charge is 0.155 e. The van der Waals surface area contributed by atoms with E-state index in [0.29, 0.717) is 36.4 Å². The van der Waals surface area contributed by atoms with E-state index < -0.39 is 0 Å². The van der Waals surface area contributed by atoms with Crippen LogP contribution >= 0.6 is 0 Å². The molecule has 2 N–H and O–H groups in total. The minimum absolute atomic E-state index is 0.103. The first-order valence-electron chi connectivity index (χ1n) is 9.36. The van der Waals surface area contributed by atoms with Crippen molar-refractivity contribution in [3.05, 3.63) is 11.6 Å². The molecule has 0 aliphatic heterocycles. The zero-order valence-electron chi connectivity index (χ0n) is 14.6. The monoisotopic (exact) mass is 318 g/mol. The van der Waals surface area contributed by atoms with Gasteiger partial charge in [-0.2, -0.15) is 0 Å². The van der Waals surface area contributed by atoms with Crippen LogP contribution in [0.4, 0.5) is 0 Å². The standard InChI is InChI=1S/C20H30O3/c1-11-8-13(21)9-12-4-5-14-15(20(11,12)3)6-7-19(2)17(23)10-16(22)18(14)19/h8,12,14-18,22-23H,4-7,9-10H2,1-3H3/t12-,14+,15-,16+,17-,18+,19+,20-/m0/s1. The summed E-state index contributed by atoms with van der Waals surface area (Å²) in [5.74, 6) is 2.01. The zero-order valence-corrected chi connectivity index (χ0v) is 14.6. The van der Waals surface area contributed by atoms with Gasteiger partial charge in [0.15, 0.2) is 5.78 Å². The Kier molecular flexibility index (Phi) is 3.39. The van der Waals surface area contributed by atoms with Crippen LogP contribution in [-0.4, -0.2) is 28.2 Å².